The third-order valence-corrected chi connectivity index (χ3v) is 4.57. The number of hydrogen-bond donors (Lipinski definition) is 0. The number of carbonyl (C=O) groups excluding carboxylic acids is 1. The van der Waals surface area contributed by atoms with Crippen LogP contribution in [0.2, 0.25) is 0 Å². The highest BCUT2D eigenvalue weighted by molar-refractivity contribution is 5.83. The average molecular weight is 372 g/mol. The fourth-order valence-electron chi connectivity index (χ4n) is 3.25. The number of oxazole rings is 1. The molecule has 0 unspecified atom stereocenters. The summed E-state index contributed by atoms with van der Waals surface area (Å²) in [4.78, 5) is 21.3. The standard InChI is InChI=1S/C22H16N2O4/c25-17(9-14-5-6-20-21(10-14)27-13-26-20)12-16-11-15(7-8-23-16)22-24-18-3-1-2-4-19(18)28-22/h1-8,10-11H,9,12-13H2. The summed E-state index contributed by atoms with van der Waals surface area (Å²) in [5, 5.41) is 0. The highest BCUT2D eigenvalue weighted by atomic mass is 16.7. The number of benzene rings is 2. The summed E-state index contributed by atoms with van der Waals surface area (Å²) in [5.74, 6) is 1.99. The van der Waals surface area contributed by atoms with Crippen LogP contribution < -0.4 is 9.47 Å². The Morgan fingerprint density at radius 3 is 2.79 bits per heavy atom. The number of para-hydroxylation sites is 2. The Bertz CT molecular complexity index is 1150. The van der Waals surface area contributed by atoms with Gasteiger partial charge in [-0.25, -0.2) is 4.98 Å². The third-order valence-electron chi connectivity index (χ3n) is 4.57. The van der Waals surface area contributed by atoms with Crippen LogP contribution in [0.15, 0.2) is 65.2 Å². The number of Topliss-reactive ketones (excluding diaryl/α,β-unsaturated/α-hetero) is 1. The van der Waals surface area contributed by atoms with E-state index in [0.29, 0.717) is 29.5 Å². The molecular weight excluding hydrogens is 356 g/mol. The Morgan fingerprint density at radius 2 is 1.86 bits per heavy atom. The second kappa shape index (κ2) is 6.81. The van der Waals surface area contributed by atoms with Gasteiger partial charge >= 0.3 is 0 Å². The molecule has 0 amide bonds. The molecule has 0 radical (unpaired) electrons. The molecule has 4 aromatic rings. The zero-order chi connectivity index (χ0) is 18.9. The van der Waals surface area contributed by atoms with Gasteiger partial charge in [-0.3, -0.25) is 9.78 Å². The molecule has 0 N–H and O–H groups in total. The Labute approximate surface area is 160 Å². The maximum atomic E-state index is 12.5. The molecule has 3 heterocycles. The third kappa shape index (κ3) is 3.20. The summed E-state index contributed by atoms with van der Waals surface area (Å²) < 4.78 is 16.5. The lowest BCUT2D eigenvalue weighted by atomic mass is 10.0. The van der Waals surface area contributed by atoms with Crippen LogP contribution in [0.5, 0.6) is 11.5 Å². The highest BCUT2D eigenvalue weighted by Crippen LogP contribution is 2.32. The molecule has 0 spiro atoms. The van der Waals surface area contributed by atoms with Gasteiger partial charge in [0.1, 0.15) is 11.3 Å². The van der Waals surface area contributed by atoms with Crippen molar-refractivity contribution < 1.29 is 18.7 Å². The van der Waals surface area contributed by atoms with Gasteiger partial charge in [0.25, 0.3) is 0 Å². The van der Waals surface area contributed by atoms with Crippen molar-refractivity contribution in [3.05, 3.63) is 72.1 Å². The first-order chi connectivity index (χ1) is 13.7. The first kappa shape index (κ1) is 16.5. The molecule has 138 valence electrons. The second-order valence-electron chi connectivity index (χ2n) is 6.60. The number of carbonyl (C=O) groups is 1. The van der Waals surface area contributed by atoms with Gasteiger partial charge in [0.05, 0.1) is 0 Å². The molecule has 2 aromatic heterocycles. The van der Waals surface area contributed by atoms with E-state index < -0.39 is 0 Å². The Kier molecular flexibility index (Phi) is 4.01. The van der Waals surface area contributed by atoms with Crippen molar-refractivity contribution in [2.75, 3.05) is 6.79 Å². The lowest BCUT2D eigenvalue weighted by Crippen LogP contribution is -2.08. The molecule has 6 heteroatoms. The van der Waals surface area contributed by atoms with Gasteiger partial charge in [0.15, 0.2) is 17.1 Å². The fraction of sp³-hybridized carbons (Fsp3) is 0.136. The van der Waals surface area contributed by atoms with E-state index in [1.54, 1.807) is 6.20 Å². The van der Waals surface area contributed by atoms with E-state index >= 15 is 0 Å². The van der Waals surface area contributed by atoms with Crippen LogP contribution in [-0.4, -0.2) is 22.5 Å². The summed E-state index contributed by atoms with van der Waals surface area (Å²) in [6.45, 7) is 0.221. The molecule has 28 heavy (non-hydrogen) atoms. The smallest absolute Gasteiger partial charge is 0.231 e. The van der Waals surface area contributed by atoms with E-state index in [2.05, 4.69) is 9.97 Å². The number of ether oxygens (including phenoxy) is 2. The van der Waals surface area contributed by atoms with Gasteiger partial charge in [-0.2, -0.15) is 0 Å². The summed E-state index contributed by atoms with van der Waals surface area (Å²) in [5.41, 5.74) is 3.91. The van der Waals surface area contributed by atoms with Gasteiger partial charge in [-0.05, 0) is 42.0 Å². The normalized spacial score (nSPS) is 12.4. The van der Waals surface area contributed by atoms with Gasteiger partial charge in [0.2, 0.25) is 12.7 Å². The van der Waals surface area contributed by atoms with Crippen LogP contribution in [0.3, 0.4) is 0 Å². The second-order valence-corrected chi connectivity index (χ2v) is 6.60. The summed E-state index contributed by atoms with van der Waals surface area (Å²) >= 11 is 0. The molecule has 2 aromatic carbocycles. The fourth-order valence-corrected chi connectivity index (χ4v) is 3.25. The van der Waals surface area contributed by atoms with Crippen molar-refractivity contribution in [3.63, 3.8) is 0 Å². The van der Waals surface area contributed by atoms with E-state index in [-0.39, 0.29) is 19.0 Å². The van der Waals surface area contributed by atoms with Gasteiger partial charge < -0.3 is 13.9 Å². The van der Waals surface area contributed by atoms with Crippen LogP contribution in [-0.2, 0) is 17.6 Å². The lowest BCUT2D eigenvalue weighted by molar-refractivity contribution is -0.117. The minimum atomic E-state index is 0.0704. The first-order valence-corrected chi connectivity index (χ1v) is 8.96. The van der Waals surface area contributed by atoms with Crippen molar-refractivity contribution >= 4 is 16.9 Å². The maximum absolute atomic E-state index is 12.5. The minimum Gasteiger partial charge on any atom is -0.454 e. The molecule has 0 aliphatic carbocycles. The van der Waals surface area contributed by atoms with Crippen molar-refractivity contribution in [1.82, 2.24) is 9.97 Å². The lowest BCUT2D eigenvalue weighted by Gasteiger charge is -2.04. The Balaban J connectivity index is 1.32. The minimum absolute atomic E-state index is 0.0704. The summed E-state index contributed by atoms with van der Waals surface area (Å²) in [7, 11) is 0. The van der Waals surface area contributed by atoms with E-state index in [1.165, 1.54) is 0 Å². The predicted molar refractivity (Wildman–Crippen MR) is 102 cm³/mol. The first-order valence-electron chi connectivity index (χ1n) is 8.96. The van der Waals surface area contributed by atoms with Crippen molar-refractivity contribution in [2.45, 2.75) is 12.8 Å². The maximum Gasteiger partial charge on any atom is 0.231 e. The number of fused-ring (bicyclic) bond motifs is 2. The molecule has 0 saturated heterocycles. The molecule has 0 saturated carbocycles. The van der Waals surface area contributed by atoms with E-state index in [0.717, 1.165) is 22.2 Å². The summed E-state index contributed by atoms with van der Waals surface area (Å²) in [6, 6.07) is 16.8. The number of ketones is 1. The molecule has 0 bridgehead atoms. The molecule has 5 rings (SSSR count). The van der Waals surface area contributed by atoms with Crippen LogP contribution in [0.4, 0.5) is 0 Å². The molecule has 0 fully saturated rings. The summed E-state index contributed by atoms with van der Waals surface area (Å²) in [6.07, 6.45) is 2.22. The van der Waals surface area contributed by atoms with Gasteiger partial charge in [-0.15, -0.1) is 0 Å². The highest BCUT2D eigenvalue weighted by Gasteiger charge is 2.15. The molecule has 0 atom stereocenters. The molecule has 6 nitrogen and oxygen atoms in total. The number of aromatic nitrogens is 2. The Hall–Kier alpha value is -3.67. The number of rotatable bonds is 5. The largest absolute Gasteiger partial charge is 0.454 e. The van der Waals surface area contributed by atoms with Gasteiger partial charge in [0, 0.05) is 30.3 Å². The van der Waals surface area contributed by atoms with Crippen molar-refractivity contribution in [2.24, 2.45) is 0 Å². The zero-order valence-electron chi connectivity index (χ0n) is 14.9. The number of nitrogens with zero attached hydrogens (tertiary/aromatic N) is 2. The van der Waals surface area contributed by atoms with E-state index in [4.69, 9.17) is 13.9 Å². The van der Waals surface area contributed by atoms with Gasteiger partial charge in [-0.1, -0.05) is 18.2 Å². The van der Waals surface area contributed by atoms with Crippen LogP contribution in [0.1, 0.15) is 11.3 Å². The molecule has 1 aliphatic rings. The van der Waals surface area contributed by atoms with E-state index in [9.17, 15) is 4.79 Å². The topological polar surface area (TPSA) is 74.5 Å². The van der Waals surface area contributed by atoms with Crippen LogP contribution in [0, 0.1) is 0 Å². The predicted octanol–water partition coefficient (Wildman–Crippen LogP) is 3.97. The quantitative estimate of drug-likeness (QED) is 0.528. The van der Waals surface area contributed by atoms with Crippen LogP contribution in [0.25, 0.3) is 22.6 Å². The molecular formula is C22H16N2O4. The number of pyridine rings is 1. The van der Waals surface area contributed by atoms with Crippen LogP contribution >= 0.6 is 0 Å². The number of hydrogen-bond acceptors (Lipinski definition) is 6. The van der Waals surface area contributed by atoms with E-state index in [1.807, 2.05) is 54.6 Å². The average Bonchev–Trinajstić information content (AvgIpc) is 3.34. The van der Waals surface area contributed by atoms with Crippen molar-refractivity contribution in [3.8, 4) is 23.0 Å². The monoisotopic (exact) mass is 372 g/mol. The zero-order valence-corrected chi connectivity index (χ0v) is 14.9. The SMILES string of the molecule is O=C(Cc1ccc2c(c1)OCO2)Cc1cc(-c2nc3ccccc3o2)ccn1. The van der Waals surface area contributed by atoms with Crippen molar-refractivity contribution in [1.29, 1.82) is 0 Å². The Morgan fingerprint density at radius 1 is 0.964 bits per heavy atom. The molecule has 1 aliphatic heterocycles.